The highest BCUT2D eigenvalue weighted by Gasteiger charge is 2.53. The Balaban J connectivity index is 1.48. The zero-order chi connectivity index (χ0) is 21.7. The largest absolute Gasteiger partial charge is 0.442 e. The summed E-state index contributed by atoms with van der Waals surface area (Å²) in [5.74, 6) is 2.26. The molecule has 7 heteroatoms. The summed E-state index contributed by atoms with van der Waals surface area (Å²) in [4.78, 5) is 12.6. The van der Waals surface area contributed by atoms with Gasteiger partial charge in [-0.05, 0) is 79.2 Å². The third-order valence-electron chi connectivity index (χ3n) is 7.01. The first-order valence-corrected chi connectivity index (χ1v) is 12.5. The number of para-hydroxylation sites is 1. The van der Waals surface area contributed by atoms with Gasteiger partial charge in [-0.25, -0.2) is 4.79 Å². The van der Waals surface area contributed by atoms with Crippen molar-refractivity contribution in [2.75, 3.05) is 0 Å². The highest BCUT2D eigenvalue weighted by atomic mass is 32.2. The Bertz CT molecular complexity index is 860. The zero-order valence-corrected chi connectivity index (χ0v) is 19.1. The van der Waals surface area contributed by atoms with Crippen LogP contribution in [0.4, 0.5) is 4.79 Å². The van der Waals surface area contributed by atoms with Crippen molar-refractivity contribution in [2.45, 2.75) is 83.7 Å². The van der Waals surface area contributed by atoms with Gasteiger partial charge in [-0.15, -0.1) is 0 Å². The third kappa shape index (κ3) is 4.32. The number of nitrogens with one attached hydrogen (secondary N) is 1. The highest BCUT2D eigenvalue weighted by molar-refractivity contribution is 7.85. The maximum atomic E-state index is 12.7. The van der Waals surface area contributed by atoms with Gasteiger partial charge in [-0.2, -0.15) is 13.1 Å². The van der Waals surface area contributed by atoms with Crippen LogP contribution in [0.2, 0.25) is 0 Å². The van der Waals surface area contributed by atoms with E-state index in [2.05, 4.69) is 0 Å². The number of ether oxygens (including phenoxy) is 1. The van der Waals surface area contributed by atoms with Crippen molar-refractivity contribution >= 4 is 16.4 Å². The van der Waals surface area contributed by atoms with E-state index in [1.54, 1.807) is 0 Å². The minimum atomic E-state index is -4.35. The van der Waals surface area contributed by atoms with E-state index in [0.29, 0.717) is 23.5 Å². The maximum absolute atomic E-state index is 12.7. The van der Waals surface area contributed by atoms with Crippen LogP contribution in [0.5, 0.6) is 5.75 Å². The molecule has 1 aromatic rings. The Morgan fingerprint density at radius 2 is 1.43 bits per heavy atom. The Hall–Kier alpha value is -1.76. The predicted octanol–water partition coefficient (Wildman–Crippen LogP) is 5.25. The molecule has 1 amide bonds. The van der Waals surface area contributed by atoms with Gasteiger partial charge in [0.2, 0.25) is 0 Å². The number of hydrogen-bond donors (Lipinski definition) is 1. The van der Waals surface area contributed by atoms with E-state index >= 15 is 0 Å². The molecule has 1 N–H and O–H groups in total. The van der Waals surface area contributed by atoms with E-state index < -0.39 is 22.0 Å². The molecule has 4 aliphatic rings. The summed E-state index contributed by atoms with van der Waals surface area (Å²) >= 11 is 0. The quantitative estimate of drug-likeness (QED) is 0.660. The van der Waals surface area contributed by atoms with Gasteiger partial charge in [0, 0.05) is 0 Å². The second-order valence-electron chi connectivity index (χ2n) is 10.2. The normalized spacial score (nSPS) is 30.0. The van der Waals surface area contributed by atoms with Crippen LogP contribution < -0.4 is 8.91 Å². The maximum Gasteiger partial charge on any atom is 0.424 e. The summed E-state index contributed by atoms with van der Waals surface area (Å²) in [6, 6.07) is 5.61. The van der Waals surface area contributed by atoms with Crippen LogP contribution >= 0.6 is 0 Å². The molecule has 4 saturated carbocycles. The summed E-state index contributed by atoms with van der Waals surface area (Å²) in [5.41, 5.74) is 1.08. The fourth-order valence-electron chi connectivity index (χ4n) is 6.19. The van der Waals surface area contributed by atoms with Crippen molar-refractivity contribution in [3.8, 4) is 5.75 Å². The summed E-state index contributed by atoms with van der Waals surface area (Å²) in [5, 5.41) is 0. The van der Waals surface area contributed by atoms with Crippen molar-refractivity contribution in [3.63, 3.8) is 0 Å². The van der Waals surface area contributed by atoms with Gasteiger partial charge < -0.3 is 8.92 Å². The number of rotatable bonds is 6. The highest BCUT2D eigenvalue weighted by Crippen LogP contribution is 2.57. The van der Waals surface area contributed by atoms with Crippen molar-refractivity contribution in [2.24, 2.45) is 17.8 Å². The topological polar surface area (TPSA) is 81.7 Å². The number of benzene rings is 1. The first-order valence-electron chi connectivity index (χ1n) is 11.1. The van der Waals surface area contributed by atoms with Crippen LogP contribution in [-0.4, -0.2) is 20.1 Å². The monoisotopic (exact) mass is 435 g/mol. The molecule has 30 heavy (non-hydrogen) atoms. The fraction of sp³-hybridized carbons (Fsp3) is 0.696. The fourth-order valence-corrected chi connectivity index (χ4v) is 6.88. The van der Waals surface area contributed by atoms with E-state index in [9.17, 15) is 13.2 Å². The van der Waals surface area contributed by atoms with Crippen LogP contribution in [0.3, 0.4) is 0 Å². The molecule has 4 bridgehead atoms. The molecule has 0 atom stereocenters. The standard InChI is InChI=1S/C23H33NO5S/c1-14(2)19-6-5-7-20(15(3)4)21(19)29-30(26,27)24-22(25)28-23-11-16-8-17(12-23)10-18(9-16)13-23/h5-7,14-18H,8-13H2,1-4H3,(H,24,25). The summed E-state index contributed by atoms with van der Waals surface area (Å²) in [7, 11) is -4.35. The lowest BCUT2D eigenvalue weighted by atomic mass is 9.54. The molecule has 6 nitrogen and oxygen atoms in total. The van der Waals surface area contributed by atoms with E-state index in [1.165, 1.54) is 19.3 Å². The first kappa shape index (κ1) is 21.5. The molecule has 0 saturated heterocycles. The van der Waals surface area contributed by atoms with Crippen LogP contribution in [-0.2, 0) is 15.0 Å². The Labute approximate surface area is 180 Å². The van der Waals surface area contributed by atoms with Crippen molar-refractivity contribution in [1.29, 1.82) is 0 Å². The van der Waals surface area contributed by atoms with Gasteiger partial charge >= 0.3 is 16.4 Å². The molecule has 0 aliphatic heterocycles. The average Bonchev–Trinajstić information content (AvgIpc) is 2.58. The Morgan fingerprint density at radius 3 is 1.87 bits per heavy atom. The van der Waals surface area contributed by atoms with Crippen LogP contribution in [0.25, 0.3) is 0 Å². The van der Waals surface area contributed by atoms with Gasteiger partial charge in [0.15, 0.2) is 5.75 Å². The van der Waals surface area contributed by atoms with Gasteiger partial charge in [0.05, 0.1) is 0 Å². The molecule has 4 fully saturated rings. The van der Waals surface area contributed by atoms with Gasteiger partial charge in [0.25, 0.3) is 0 Å². The molecule has 0 spiro atoms. The predicted molar refractivity (Wildman–Crippen MR) is 115 cm³/mol. The molecule has 0 unspecified atom stereocenters. The summed E-state index contributed by atoms with van der Waals surface area (Å²) in [6.07, 6.45) is 5.27. The lowest BCUT2D eigenvalue weighted by Crippen LogP contribution is -2.54. The van der Waals surface area contributed by atoms with Crippen molar-refractivity contribution in [1.82, 2.24) is 4.72 Å². The SMILES string of the molecule is CC(C)c1cccc(C(C)C)c1OS(=O)(=O)NC(=O)OC12CC3CC(CC(C3)C1)C2. The lowest BCUT2D eigenvalue weighted by molar-refractivity contribution is -0.126. The number of hydrogen-bond acceptors (Lipinski definition) is 5. The number of carbonyl (C=O) groups excluding carboxylic acids is 1. The molecular formula is C23H33NO5S. The molecule has 4 aliphatic carbocycles. The van der Waals surface area contributed by atoms with Gasteiger partial charge in [-0.3, -0.25) is 0 Å². The van der Waals surface area contributed by atoms with E-state index in [-0.39, 0.29) is 11.8 Å². The minimum Gasteiger partial charge on any atom is -0.442 e. The molecule has 0 aromatic heterocycles. The second-order valence-corrected chi connectivity index (χ2v) is 11.5. The average molecular weight is 436 g/mol. The summed E-state index contributed by atoms with van der Waals surface area (Å²) < 4.78 is 38.6. The molecule has 1 aromatic carbocycles. The second kappa shape index (κ2) is 7.74. The van der Waals surface area contributed by atoms with E-state index in [0.717, 1.165) is 30.4 Å². The number of carbonyl (C=O) groups is 1. The van der Waals surface area contributed by atoms with Crippen LogP contribution in [0.1, 0.15) is 89.2 Å². The van der Waals surface area contributed by atoms with Gasteiger partial charge in [-0.1, -0.05) is 45.9 Å². The first-order chi connectivity index (χ1) is 14.1. The molecular weight excluding hydrogens is 402 g/mol. The smallest absolute Gasteiger partial charge is 0.424 e. The minimum absolute atomic E-state index is 0.0767. The van der Waals surface area contributed by atoms with Crippen LogP contribution in [0, 0.1) is 17.8 Å². The molecule has 5 rings (SSSR count). The van der Waals surface area contributed by atoms with Crippen LogP contribution in [0.15, 0.2) is 18.2 Å². The molecule has 0 radical (unpaired) electrons. The zero-order valence-electron chi connectivity index (χ0n) is 18.3. The molecule has 0 heterocycles. The lowest BCUT2D eigenvalue weighted by Gasteiger charge is -2.55. The number of amides is 1. The Morgan fingerprint density at radius 1 is 0.967 bits per heavy atom. The van der Waals surface area contributed by atoms with E-state index in [4.69, 9.17) is 8.92 Å². The van der Waals surface area contributed by atoms with Crippen molar-refractivity contribution < 1.29 is 22.1 Å². The van der Waals surface area contributed by atoms with Crippen molar-refractivity contribution in [3.05, 3.63) is 29.3 Å². The summed E-state index contributed by atoms with van der Waals surface area (Å²) in [6.45, 7) is 7.92. The third-order valence-corrected chi connectivity index (χ3v) is 7.82. The molecule has 166 valence electrons. The van der Waals surface area contributed by atoms with Gasteiger partial charge in [0.1, 0.15) is 5.60 Å². The Kier molecular flexibility index (Phi) is 5.54. The van der Waals surface area contributed by atoms with E-state index in [1.807, 2.05) is 50.6 Å².